The number of hydrogen-bond acceptors (Lipinski definition) is 2. The van der Waals surface area contributed by atoms with Crippen LogP contribution in [0.4, 0.5) is 0 Å². The number of hydrogen-bond donors (Lipinski definition) is 0. The normalized spacial score (nSPS) is 11.4. The molecule has 0 fully saturated rings. The Morgan fingerprint density at radius 1 is 1.75 bits per heavy atom. The van der Waals surface area contributed by atoms with Crippen molar-refractivity contribution in [2.75, 3.05) is 7.11 Å². The van der Waals surface area contributed by atoms with Gasteiger partial charge in [-0.3, -0.25) is 0 Å². The minimum atomic E-state index is -0.113. The van der Waals surface area contributed by atoms with Gasteiger partial charge >= 0.3 is 56.0 Å². The molecule has 0 aromatic carbocycles. The first-order valence-electron chi connectivity index (χ1n) is 1.97. The van der Waals surface area contributed by atoms with E-state index < -0.39 is 0 Å². The molecule has 0 saturated carbocycles. The predicted octanol–water partition coefficient (Wildman–Crippen LogP) is 0.558. The zero-order chi connectivity index (χ0) is 5.86. The molecule has 0 amide bonds. The molecule has 8 heavy (non-hydrogen) atoms. The fraction of sp³-hybridized carbons (Fsp3) is 0.750. The molecule has 0 aliphatic carbocycles. The van der Waals surface area contributed by atoms with E-state index in [0.717, 1.165) is 0 Å². The molecule has 0 aromatic heterocycles. The number of methoxy groups -OCH3 is 1. The first-order valence-corrected chi connectivity index (χ1v) is 3.62. The molecular weight excluding hydrogens is 234 g/mol. The van der Waals surface area contributed by atoms with E-state index in [4.69, 9.17) is 0 Å². The summed E-state index contributed by atoms with van der Waals surface area (Å²) >= 11 is 1.21. The average Bonchev–Trinajstić information content (AvgIpc) is 1.65. The molecule has 0 aliphatic heterocycles. The molecule has 0 N–H and O–H groups in total. The van der Waals surface area contributed by atoms with Gasteiger partial charge in [-0.2, -0.15) is 0 Å². The Morgan fingerprint density at radius 2 is 2.12 bits per heavy atom. The Hall–Kier alpha value is 0.559. The Morgan fingerprint density at radius 3 is 2.12 bits per heavy atom. The third kappa shape index (κ3) is 4.71. The maximum absolute atomic E-state index is 10.3. The molecule has 0 aliphatic rings. The van der Waals surface area contributed by atoms with E-state index in [-0.39, 0.29) is 22.3 Å². The molecule has 3 radical (unpaired) electrons. The fourth-order valence-corrected chi connectivity index (χ4v) is 0.513. The van der Waals surface area contributed by atoms with Crippen molar-refractivity contribution in [1.29, 1.82) is 0 Å². The van der Waals surface area contributed by atoms with Crippen LogP contribution in [0.15, 0.2) is 0 Å². The van der Waals surface area contributed by atoms with Crippen molar-refractivity contribution in [3.63, 3.8) is 0 Å². The van der Waals surface area contributed by atoms with Crippen molar-refractivity contribution in [2.45, 2.75) is 10.9 Å². The van der Waals surface area contributed by atoms with Crippen molar-refractivity contribution < 1.29 is 9.53 Å². The topological polar surface area (TPSA) is 26.3 Å². The van der Waals surface area contributed by atoms with Crippen molar-refractivity contribution >= 4 is 40.9 Å². The van der Waals surface area contributed by atoms with Crippen LogP contribution < -0.4 is 0 Å². The summed E-state index contributed by atoms with van der Waals surface area (Å²) in [4.78, 5) is 10.3. The Kier molecular flexibility index (Phi) is 8.09. The standard InChI is InChI=1S/C4H7O2.ClH.Sn/c1-3-4(5)6-2;;/h3H,1-2H3;1H;. The molecular formula is C4H8ClO2Sn. The van der Waals surface area contributed by atoms with Crippen molar-refractivity contribution in [3.8, 4) is 0 Å². The number of rotatable bonds is 1. The van der Waals surface area contributed by atoms with Gasteiger partial charge in [0.15, 0.2) is 0 Å². The second-order valence-corrected chi connectivity index (χ2v) is 3.72. The third-order valence-corrected chi connectivity index (χ3v) is 1.23. The monoisotopic (exact) mass is 243 g/mol. The summed E-state index contributed by atoms with van der Waals surface area (Å²) in [6.45, 7) is 1.84. The molecule has 4 heteroatoms. The Bertz CT molecular complexity index is 74.4. The summed E-state index contributed by atoms with van der Waals surface area (Å²) in [7, 11) is 1.41. The predicted molar refractivity (Wildman–Crippen MR) is 34.4 cm³/mol. The van der Waals surface area contributed by atoms with E-state index in [9.17, 15) is 4.79 Å². The number of ether oxygens (including phenoxy) is 1. The van der Waals surface area contributed by atoms with Crippen LogP contribution in [0.5, 0.6) is 0 Å². The fourth-order valence-electron chi connectivity index (χ4n) is 0.177. The van der Waals surface area contributed by atoms with Crippen LogP contribution in [-0.2, 0) is 9.53 Å². The van der Waals surface area contributed by atoms with Gasteiger partial charge < -0.3 is 0 Å². The van der Waals surface area contributed by atoms with Gasteiger partial charge in [-0.25, -0.2) is 0 Å². The zero-order valence-electron chi connectivity index (χ0n) is 4.80. The van der Waals surface area contributed by atoms with Gasteiger partial charge in [-0.15, -0.1) is 12.4 Å². The molecule has 2 nitrogen and oxygen atoms in total. The smallest absolute Gasteiger partial charge is 0.147 e. The first-order chi connectivity index (χ1) is 3.18. The van der Waals surface area contributed by atoms with Gasteiger partial charge in [0, 0.05) is 0 Å². The van der Waals surface area contributed by atoms with Crippen molar-refractivity contribution in [2.24, 2.45) is 0 Å². The van der Waals surface area contributed by atoms with Crippen molar-refractivity contribution in [1.82, 2.24) is 0 Å². The molecule has 47 valence electrons. The van der Waals surface area contributed by atoms with E-state index in [0.29, 0.717) is 0 Å². The molecule has 0 bridgehead atoms. The maximum Gasteiger partial charge on any atom is -0.147 e. The first kappa shape index (κ1) is 11.4. The van der Waals surface area contributed by atoms with Gasteiger partial charge in [0.25, 0.3) is 0 Å². The maximum atomic E-state index is 10.3. The third-order valence-electron chi connectivity index (χ3n) is 0.555. The van der Waals surface area contributed by atoms with E-state index >= 15 is 0 Å². The summed E-state index contributed by atoms with van der Waals surface area (Å²) in [5.41, 5.74) is 0. The van der Waals surface area contributed by atoms with Gasteiger partial charge in [-0.1, -0.05) is 0 Å². The molecule has 1 atom stereocenters. The van der Waals surface area contributed by atoms with E-state index in [2.05, 4.69) is 4.74 Å². The summed E-state index contributed by atoms with van der Waals surface area (Å²) in [5.74, 6) is -0.113. The quantitative estimate of drug-likeness (QED) is 0.496. The van der Waals surface area contributed by atoms with Crippen LogP contribution in [0.2, 0.25) is 3.93 Å². The molecule has 0 heterocycles. The van der Waals surface area contributed by atoms with E-state index in [1.165, 1.54) is 29.6 Å². The summed E-state index contributed by atoms with van der Waals surface area (Å²) < 4.78 is 4.49. The van der Waals surface area contributed by atoms with E-state index in [1.807, 2.05) is 6.92 Å². The van der Waals surface area contributed by atoms with Crippen molar-refractivity contribution in [3.05, 3.63) is 0 Å². The average molecular weight is 242 g/mol. The van der Waals surface area contributed by atoms with Crippen LogP contribution in [0.25, 0.3) is 0 Å². The minimum absolute atomic E-state index is 0. The molecule has 0 spiro atoms. The van der Waals surface area contributed by atoms with Crippen LogP contribution in [-0.4, -0.2) is 35.6 Å². The molecule has 0 saturated heterocycles. The molecule has 1 unspecified atom stereocenters. The SMILES string of the molecule is COC(=O)[CH](C)[Sn].Cl. The largest absolute Gasteiger partial charge is 0.147 e. The molecule has 0 rings (SSSR count). The van der Waals surface area contributed by atoms with Gasteiger partial charge in [0.2, 0.25) is 0 Å². The summed E-state index contributed by atoms with van der Waals surface area (Å²) in [6.07, 6.45) is 0. The van der Waals surface area contributed by atoms with Gasteiger partial charge in [-0.05, 0) is 0 Å². The second kappa shape index (κ2) is 5.69. The number of carbonyl (C=O) groups excluding carboxylic acids is 1. The molecule has 0 aromatic rings. The zero-order valence-corrected chi connectivity index (χ0v) is 8.47. The van der Waals surface area contributed by atoms with Gasteiger partial charge in [0.1, 0.15) is 0 Å². The second-order valence-electron chi connectivity index (χ2n) is 1.24. The number of carbonyl (C=O) groups is 1. The summed E-state index contributed by atoms with van der Waals surface area (Å²) in [6, 6.07) is 0. The van der Waals surface area contributed by atoms with Crippen LogP contribution in [0, 0.1) is 0 Å². The van der Waals surface area contributed by atoms with Crippen LogP contribution >= 0.6 is 12.4 Å². The number of esters is 1. The van der Waals surface area contributed by atoms with Crippen LogP contribution in [0.1, 0.15) is 6.92 Å². The Balaban J connectivity index is 0. The summed E-state index contributed by atoms with van der Waals surface area (Å²) in [5, 5.41) is 0. The van der Waals surface area contributed by atoms with Crippen LogP contribution in [0.3, 0.4) is 0 Å². The van der Waals surface area contributed by atoms with Gasteiger partial charge in [0.05, 0.1) is 0 Å². The van der Waals surface area contributed by atoms with E-state index in [1.54, 1.807) is 0 Å². The minimum Gasteiger partial charge on any atom is -0.147 e. The number of halogens is 1. The Labute approximate surface area is 68.5 Å².